The van der Waals surface area contributed by atoms with Crippen molar-refractivity contribution in [3.05, 3.63) is 45.9 Å². The Morgan fingerprint density at radius 2 is 1.96 bits per heavy atom. The Kier molecular flexibility index (Phi) is 6.41. The highest BCUT2D eigenvalue weighted by molar-refractivity contribution is 7.98. The van der Waals surface area contributed by atoms with E-state index in [-0.39, 0.29) is 0 Å². The van der Waals surface area contributed by atoms with Crippen LogP contribution in [0.3, 0.4) is 0 Å². The van der Waals surface area contributed by atoms with Crippen molar-refractivity contribution in [2.45, 2.75) is 24.2 Å². The SMILES string of the molecule is COc1ccc(SC)cc1-c1[nH]c2c(Cl)c(Cl)ccc2c1CCCCN. The maximum Gasteiger partial charge on any atom is 0.128 e. The number of aromatic nitrogens is 1. The molecule has 0 fully saturated rings. The molecule has 0 aliphatic carbocycles. The van der Waals surface area contributed by atoms with Gasteiger partial charge in [-0.05, 0) is 61.9 Å². The number of nitrogens with two attached hydrogens (primary N) is 1. The molecule has 3 nitrogen and oxygen atoms in total. The van der Waals surface area contributed by atoms with E-state index < -0.39 is 0 Å². The van der Waals surface area contributed by atoms with Crippen LogP contribution in [0.5, 0.6) is 5.75 Å². The standard InChI is InChI=1S/C20H22Cl2N2OS/c1-25-17-9-6-12(26-2)11-15(17)19-13(5-3-4-10-23)14-7-8-16(21)18(22)20(14)24-19/h6-9,11,24H,3-5,10,23H2,1-2H3. The van der Waals surface area contributed by atoms with E-state index in [1.54, 1.807) is 18.9 Å². The summed E-state index contributed by atoms with van der Waals surface area (Å²) < 4.78 is 5.62. The number of hydrogen-bond donors (Lipinski definition) is 2. The van der Waals surface area contributed by atoms with Crippen LogP contribution < -0.4 is 10.5 Å². The normalized spacial score (nSPS) is 11.3. The molecule has 3 N–H and O–H groups in total. The number of halogens is 2. The lowest BCUT2D eigenvalue weighted by Crippen LogP contribution is -1.99. The number of hydrogen-bond acceptors (Lipinski definition) is 3. The zero-order valence-corrected chi connectivity index (χ0v) is 17.2. The van der Waals surface area contributed by atoms with E-state index in [2.05, 4.69) is 23.4 Å². The molecule has 0 aliphatic rings. The predicted molar refractivity (Wildman–Crippen MR) is 114 cm³/mol. The second-order valence-corrected chi connectivity index (χ2v) is 7.74. The Hall–Kier alpha value is -1.33. The molecule has 1 heterocycles. The lowest BCUT2D eigenvalue weighted by molar-refractivity contribution is 0.416. The number of aromatic amines is 1. The Labute approximate surface area is 168 Å². The number of nitrogens with one attached hydrogen (secondary N) is 1. The van der Waals surface area contributed by atoms with E-state index in [1.165, 1.54) is 10.5 Å². The van der Waals surface area contributed by atoms with E-state index in [0.717, 1.165) is 47.2 Å². The van der Waals surface area contributed by atoms with Crippen LogP contribution in [0.2, 0.25) is 10.0 Å². The van der Waals surface area contributed by atoms with Gasteiger partial charge >= 0.3 is 0 Å². The molecule has 2 aromatic carbocycles. The van der Waals surface area contributed by atoms with Gasteiger partial charge in [0.15, 0.2) is 0 Å². The molecule has 6 heteroatoms. The number of aryl methyl sites for hydroxylation is 1. The lowest BCUT2D eigenvalue weighted by Gasteiger charge is -2.11. The first kappa shape index (κ1) is 19.4. The number of H-pyrrole nitrogens is 1. The third-order valence-corrected chi connectivity index (χ3v) is 6.06. The van der Waals surface area contributed by atoms with E-state index in [9.17, 15) is 0 Å². The zero-order chi connectivity index (χ0) is 18.7. The third kappa shape index (κ3) is 3.70. The Morgan fingerprint density at radius 3 is 2.65 bits per heavy atom. The van der Waals surface area contributed by atoms with Crippen molar-refractivity contribution >= 4 is 45.9 Å². The molecule has 26 heavy (non-hydrogen) atoms. The lowest BCUT2D eigenvalue weighted by atomic mass is 9.99. The van der Waals surface area contributed by atoms with Crippen molar-refractivity contribution in [1.29, 1.82) is 0 Å². The average molecular weight is 409 g/mol. The zero-order valence-electron chi connectivity index (χ0n) is 14.9. The van der Waals surface area contributed by atoms with Gasteiger partial charge in [0.05, 0.1) is 28.4 Å². The van der Waals surface area contributed by atoms with E-state index in [0.29, 0.717) is 16.6 Å². The molecule has 3 aromatic rings. The molecule has 0 amide bonds. The molecule has 0 bridgehead atoms. The quantitative estimate of drug-likeness (QED) is 0.363. The summed E-state index contributed by atoms with van der Waals surface area (Å²) in [6, 6.07) is 10.1. The van der Waals surface area contributed by atoms with Gasteiger partial charge in [-0.3, -0.25) is 0 Å². The monoisotopic (exact) mass is 408 g/mol. The van der Waals surface area contributed by atoms with Gasteiger partial charge < -0.3 is 15.5 Å². The molecule has 0 aliphatic heterocycles. The van der Waals surface area contributed by atoms with E-state index in [4.69, 9.17) is 33.7 Å². The van der Waals surface area contributed by atoms with Crippen molar-refractivity contribution in [3.63, 3.8) is 0 Å². The van der Waals surface area contributed by atoms with Crippen molar-refractivity contribution in [1.82, 2.24) is 4.98 Å². The molecular formula is C20H22Cl2N2OS. The summed E-state index contributed by atoms with van der Waals surface area (Å²) in [6.45, 7) is 0.690. The minimum atomic E-state index is 0.547. The first-order chi connectivity index (χ1) is 12.6. The van der Waals surface area contributed by atoms with Gasteiger partial charge in [0.25, 0.3) is 0 Å². The van der Waals surface area contributed by atoms with Crippen molar-refractivity contribution in [2.75, 3.05) is 19.9 Å². The highest BCUT2D eigenvalue weighted by Gasteiger charge is 2.19. The first-order valence-corrected chi connectivity index (χ1v) is 10.5. The van der Waals surface area contributed by atoms with Crippen LogP contribution in [-0.2, 0) is 6.42 Å². The van der Waals surface area contributed by atoms with Crippen LogP contribution >= 0.6 is 35.0 Å². The summed E-state index contributed by atoms with van der Waals surface area (Å²) in [6.07, 6.45) is 4.98. The topological polar surface area (TPSA) is 51.0 Å². The largest absolute Gasteiger partial charge is 0.496 e. The van der Waals surface area contributed by atoms with Gasteiger partial charge in [0.1, 0.15) is 5.75 Å². The first-order valence-electron chi connectivity index (χ1n) is 8.51. The third-order valence-electron chi connectivity index (χ3n) is 4.53. The molecule has 0 atom stereocenters. The van der Waals surface area contributed by atoms with Crippen LogP contribution in [0.4, 0.5) is 0 Å². The fourth-order valence-electron chi connectivity index (χ4n) is 3.20. The fourth-order valence-corrected chi connectivity index (χ4v) is 4.01. The summed E-state index contributed by atoms with van der Waals surface area (Å²) in [7, 11) is 1.69. The molecule has 0 unspecified atom stereocenters. The molecule has 0 radical (unpaired) electrons. The van der Waals surface area contributed by atoms with Crippen molar-refractivity contribution < 1.29 is 4.74 Å². The highest BCUT2D eigenvalue weighted by atomic mass is 35.5. The molecule has 138 valence electrons. The van der Waals surface area contributed by atoms with Crippen LogP contribution in [-0.4, -0.2) is 24.9 Å². The molecule has 3 rings (SSSR count). The number of thioether (sulfide) groups is 1. The van der Waals surface area contributed by atoms with Gasteiger partial charge in [-0.1, -0.05) is 29.3 Å². The van der Waals surface area contributed by atoms with Gasteiger partial charge in [-0.15, -0.1) is 11.8 Å². The van der Waals surface area contributed by atoms with Crippen LogP contribution in [0.1, 0.15) is 18.4 Å². The van der Waals surface area contributed by atoms with Gasteiger partial charge in [-0.25, -0.2) is 0 Å². The summed E-state index contributed by atoms with van der Waals surface area (Å²) in [5, 5.41) is 2.20. The second kappa shape index (κ2) is 8.57. The Morgan fingerprint density at radius 1 is 1.15 bits per heavy atom. The number of rotatable bonds is 7. The number of methoxy groups -OCH3 is 1. The maximum atomic E-state index is 6.47. The van der Waals surface area contributed by atoms with Gasteiger partial charge in [0.2, 0.25) is 0 Å². The fraction of sp³-hybridized carbons (Fsp3) is 0.300. The van der Waals surface area contributed by atoms with Crippen molar-refractivity contribution in [2.24, 2.45) is 5.73 Å². The minimum Gasteiger partial charge on any atom is -0.496 e. The molecular weight excluding hydrogens is 387 g/mol. The predicted octanol–water partition coefficient (Wildman–Crippen LogP) is 6.15. The number of ether oxygens (including phenoxy) is 1. The summed E-state index contributed by atoms with van der Waals surface area (Å²) >= 11 is 14.4. The highest BCUT2D eigenvalue weighted by Crippen LogP contribution is 2.41. The van der Waals surface area contributed by atoms with Crippen LogP contribution in [0.25, 0.3) is 22.2 Å². The smallest absolute Gasteiger partial charge is 0.128 e. The van der Waals surface area contributed by atoms with Gasteiger partial charge in [0, 0.05) is 15.8 Å². The van der Waals surface area contributed by atoms with Crippen molar-refractivity contribution in [3.8, 4) is 17.0 Å². The van der Waals surface area contributed by atoms with E-state index >= 15 is 0 Å². The van der Waals surface area contributed by atoms with Crippen LogP contribution in [0.15, 0.2) is 35.2 Å². The maximum absolute atomic E-state index is 6.47. The number of unbranched alkanes of at least 4 members (excludes halogenated alkanes) is 1. The molecule has 1 aromatic heterocycles. The van der Waals surface area contributed by atoms with E-state index in [1.807, 2.05) is 18.2 Å². The number of benzene rings is 2. The Bertz CT molecular complexity index is 924. The number of fused-ring (bicyclic) bond motifs is 1. The summed E-state index contributed by atoms with van der Waals surface area (Å²) in [4.78, 5) is 4.68. The van der Waals surface area contributed by atoms with Crippen LogP contribution in [0, 0.1) is 0 Å². The second-order valence-electron chi connectivity index (χ2n) is 6.07. The summed E-state index contributed by atoms with van der Waals surface area (Å²) in [5.41, 5.74) is 9.85. The Balaban J connectivity index is 2.24. The van der Waals surface area contributed by atoms with Gasteiger partial charge in [-0.2, -0.15) is 0 Å². The summed E-state index contributed by atoms with van der Waals surface area (Å²) in [5.74, 6) is 0.830. The molecule has 0 saturated carbocycles. The minimum absolute atomic E-state index is 0.547. The molecule has 0 saturated heterocycles. The molecule has 0 spiro atoms. The average Bonchev–Trinajstić information content (AvgIpc) is 3.03.